The van der Waals surface area contributed by atoms with Crippen LogP contribution >= 0.6 is 23.2 Å². The van der Waals surface area contributed by atoms with Gasteiger partial charge in [0.25, 0.3) is 0 Å². The fraction of sp³-hybridized carbons (Fsp3) is 0.176. The quantitative estimate of drug-likeness (QED) is 0.750. The van der Waals surface area contributed by atoms with Crippen LogP contribution in [0.15, 0.2) is 36.4 Å². The second-order valence-electron chi connectivity index (χ2n) is 5.61. The molecule has 25 heavy (non-hydrogen) atoms. The SMILES string of the molecule is Cc1cc(C)c(NC(=O)Cn2nnc(-c3ccccc3Cl)n2)c(Cl)c1. The molecule has 0 unspecified atom stereocenters. The number of carbonyl (C=O) groups excluding carboxylic acids is 1. The van der Waals surface area contributed by atoms with Crippen LogP contribution in [0.3, 0.4) is 0 Å². The minimum atomic E-state index is -0.294. The van der Waals surface area contributed by atoms with E-state index >= 15 is 0 Å². The molecular formula is C17H15Cl2N5O. The van der Waals surface area contributed by atoms with Crippen molar-refractivity contribution in [2.24, 2.45) is 0 Å². The Labute approximate surface area is 154 Å². The molecule has 0 atom stereocenters. The highest BCUT2D eigenvalue weighted by Crippen LogP contribution is 2.27. The van der Waals surface area contributed by atoms with Crippen molar-refractivity contribution in [3.63, 3.8) is 0 Å². The number of hydrogen-bond acceptors (Lipinski definition) is 4. The van der Waals surface area contributed by atoms with Gasteiger partial charge in [-0.3, -0.25) is 4.79 Å². The summed E-state index contributed by atoms with van der Waals surface area (Å²) < 4.78 is 0. The van der Waals surface area contributed by atoms with Gasteiger partial charge in [0, 0.05) is 5.56 Å². The topological polar surface area (TPSA) is 72.7 Å². The highest BCUT2D eigenvalue weighted by Gasteiger charge is 2.13. The van der Waals surface area contributed by atoms with Crippen LogP contribution in [0.1, 0.15) is 11.1 Å². The van der Waals surface area contributed by atoms with E-state index in [-0.39, 0.29) is 12.5 Å². The number of aryl methyl sites for hydroxylation is 2. The number of nitrogens with zero attached hydrogens (tertiary/aromatic N) is 4. The number of aromatic nitrogens is 4. The van der Waals surface area contributed by atoms with Crippen LogP contribution in [0.4, 0.5) is 5.69 Å². The fourth-order valence-electron chi connectivity index (χ4n) is 2.44. The lowest BCUT2D eigenvalue weighted by atomic mass is 10.1. The third kappa shape index (κ3) is 3.97. The summed E-state index contributed by atoms with van der Waals surface area (Å²) in [5, 5.41) is 15.8. The Morgan fingerprint density at radius 3 is 2.64 bits per heavy atom. The minimum Gasteiger partial charge on any atom is -0.323 e. The Morgan fingerprint density at radius 1 is 1.16 bits per heavy atom. The molecule has 0 aliphatic carbocycles. The highest BCUT2D eigenvalue weighted by molar-refractivity contribution is 6.34. The van der Waals surface area contributed by atoms with Gasteiger partial charge in [0.2, 0.25) is 11.7 Å². The fourth-order valence-corrected chi connectivity index (χ4v) is 3.03. The van der Waals surface area contributed by atoms with E-state index in [9.17, 15) is 4.79 Å². The summed E-state index contributed by atoms with van der Waals surface area (Å²) in [4.78, 5) is 13.5. The number of hydrogen-bond donors (Lipinski definition) is 1. The zero-order chi connectivity index (χ0) is 18.0. The molecule has 0 saturated heterocycles. The van der Waals surface area contributed by atoms with Crippen molar-refractivity contribution in [2.45, 2.75) is 20.4 Å². The van der Waals surface area contributed by atoms with Gasteiger partial charge in [-0.15, -0.1) is 10.2 Å². The molecule has 3 rings (SSSR count). The number of carbonyl (C=O) groups is 1. The normalized spacial score (nSPS) is 10.7. The van der Waals surface area contributed by atoms with Gasteiger partial charge in [0.1, 0.15) is 6.54 Å². The van der Waals surface area contributed by atoms with Crippen molar-refractivity contribution in [2.75, 3.05) is 5.32 Å². The molecular weight excluding hydrogens is 361 g/mol. The minimum absolute atomic E-state index is 0.0822. The summed E-state index contributed by atoms with van der Waals surface area (Å²) >= 11 is 12.3. The molecule has 1 N–H and O–H groups in total. The first kappa shape index (κ1) is 17.4. The molecule has 0 aliphatic rings. The molecule has 0 radical (unpaired) electrons. The number of anilines is 1. The number of tetrazole rings is 1. The highest BCUT2D eigenvalue weighted by atomic mass is 35.5. The van der Waals surface area contributed by atoms with Crippen LogP contribution in [0.5, 0.6) is 0 Å². The third-order valence-corrected chi connectivity index (χ3v) is 4.18. The Hall–Kier alpha value is -2.44. The van der Waals surface area contributed by atoms with Crippen molar-refractivity contribution in [3.05, 3.63) is 57.6 Å². The molecule has 3 aromatic rings. The molecule has 0 saturated carbocycles. The number of halogens is 2. The number of rotatable bonds is 4. The summed E-state index contributed by atoms with van der Waals surface area (Å²) in [5.74, 6) is 0.0694. The summed E-state index contributed by atoms with van der Waals surface area (Å²) in [6.07, 6.45) is 0. The maximum atomic E-state index is 12.3. The molecule has 1 aromatic heterocycles. The van der Waals surface area contributed by atoms with Crippen LogP contribution < -0.4 is 5.32 Å². The van der Waals surface area contributed by atoms with E-state index in [4.69, 9.17) is 23.2 Å². The monoisotopic (exact) mass is 375 g/mol. The van der Waals surface area contributed by atoms with Gasteiger partial charge in [0.15, 0.2) is 0 Å². The predicted octanol–water partition coefficient (Wildman–Crippen LogP) is 3.90. The van der Waals surface area contributed by atoms with Crippen LogP contribution in [0, 0.1) is 13.8 Å². The Balaban J connectivity index is 1.74. The van der Waals surface area contributed by atoms with E-state index in [2.05, 4.69) is 20.7 Å². The first-order valence-corrected chi connectivity index (χ1v) is 8.29. The van der Waals surface area contributed by atoms with Crippen molar-refractivity contribution in [1.82, 2.24) is 20.2 Å². The molecule has 0 spiro atoms. The smallest absolute Gasteiger partial charge is 0.248 e. The van der Waals surface area contributed by atoms with E-state index in [1.54, 1.807) is 18.2 Å². The molecule has 6 nitrogen and oxygen atoms in total. The number of benzene rings is 2. The summed E-state index contributed by atoms with van der Waals surface area (Å²) in [7, 11) is 0. The van der Waals surface area contributed by atoms with E-state index < -0.39 is 0 Å². The molecule has 0 aliphatic heterocycles. The Kier molecular flexibility index (Phi) is 5.01. The lowest BCUT2D eigenvalue weighted by Gasteiger charge is -2.11. The van der Waals surface area contributed by atoms with Gasteiger partial charge in [-0.1, -0.05) is 41.4 Å². The van der Waals surface area contributed by atoms with Gasteiger partial charge >= 0.3 is 0 Å². The maximum absolute atomic E-state index is 12.3. The number of amides is 1. The van der Waals surface area contributed by atoms with Crippen LogP contribution in [0.25, 0.3) is 11.4 Å². The van der Waals surface area contributed by atoms with Crippen LogP contribution in [-0.4, -0.2) is 26.1 Å². The van der Waals surface area contributed by atoms with E-state index in [0.717, 1.165) is 11.1 Å². The first-order chi connectivity index (χ1) is 11.9. The van der Waals surface area contributed by atoms with Crippen molar-refractivity contribution < 1.29 is 4.79 Å². The van der Waals surface area contributed by atoms with Crippen molar-refractivity contribution in [1.29, 1.82) is 0 Å². The van der Waals surface area contributed by atoms with Crippen LogP contribution in [0.2, 0.25) is 10.0 Å². The van der Waals surface area contributed by atoms with Gasteiger partial charge in [0.05, 0.1) is 15.7 Å². The van der Waals surface area contributed by atoms with Crippen molar-refractivity contribution >= 4 is 34.8 Å². The number of nitrogens with one attached hydrogen (secondary N) is 1. The van der Waals surface area contributed by atoms with Gasteiger partial charge in [-0.25, -0.2) is 0 Å². The van der Waals surface area contributed by atoms with Gasteiger partial charge in [-0.05, 0) is 48.4 Å². The molecule has 0 fully saturated rings. The van der Waals surface area contributed by atoms with E-state index in [1.165, 1.54) is 4.80 Å². The second-order valence-corrected chi connectivity index (χ2v) is 6.42. The van der Waals surface area contributed by atoms with Gasteiger partial charge < -0.3 is 5.32 Å². The molecule has 2 aromatic carbocycles. The average Bonchev–Trinajstić information content (AvgIpc) is 2.99. The largest absolute Gasteiger partial charge is 0.323 e. The first-order valence-electron chi connectivity index (χ1n) is 7.53. The molecule has 128 valence electrons. The Morgan fingerprint density at radius 2 is 1.92 bits per heavy atom. The summed E-state index contributed by atoms with van der Waals surface area (Å²) in [6, 6.07) is 10.9. The molecule has 0 bridgehead atoms. The van der Waals surface area contributed by atoms with E-state index in [1.807, 2.05) is 32.0 Å². The third-order valence-electron chi connectivity index (χ3n) is 3.55. The van der Waals surface area contributed by atoms with E-state index in [0.29, 0.717) is 27.1 Å². The van der Waals surface area contributed by atoms with Crippen molar-refractivity contribution in [3.8, 4) is 11.4 Å². The molecule has 8 heteroatoms. The lowest BCUT2D eigenvalue weighted by Crippen LogP contribution is -2.21. The van der Waals surface area contributed by atoms with Gasteiger partial charge in [-0.2, -0.15) is 4.80 Å². The summed E-state index contributed by atoms with van der Waals surface area (Å²) in [5.41, 5.74) is 3.17. The Bertz CT molecular complexity index is 915. The maximum Gasteiger partial charge on any atom is 0.248 e. The summed E-state index contributed by atoms with van der Waals surface area (Å²) in [6.45, 7) is 3.75. The zero-order valence-electron chi connectivity index (χ0n) is 13.6. The standard InChI is InChI=1S/C17H15Cl2N5O/c1-10-7-11(2)16(14(19)8-10)20-15(25)9-24-22-17(21-23-24)12-5-3-4-6-13(12)18/h3-8H,9H2,1-2H3,(H,20,25). The lowest BCUT2D eigenvalue weighted by molar-refractivity contribution is -0.117. The molecule has 1 heterocycles. The zero-order valence-corrected chi connectivity index (χ0v) is 15.1. The van der Waals surface area contributed by atoms with Crippen LogP contribution in [-0.2, 0) is 11.3 Å². The average molecular weight is 376 g/mol. The molecule has 1 amide bonds. The second kappa shape index (κ2) is 7.21. The predicted molar refractivity (Wildman–Crippen MR) is 97.8 cm³/mol.